The number of likely N-dealkylation sites (N-methyl/N-ethyl adjacent to an activating group) is 1. The summed E-state index contributed by atoms with van der Waals surface area (Å²) in [6.07, 6.45) is -2.47. The van der Waals surface area contributed by atoms with E-state index < -0.39 is 21.6 Å². The molecule has 0 bridgehead atoms. The van der Waals surface area contributed by atoms with Crippen LogP contribution in [0.15, 0.2) is 24.3 Å². The van der Waals surface area contributed by atoms with Crippen LogP contribution in [0.5, 0.6) is 0 Å². The van der Waals surface area contributed by atoms with Crippen LogP contribution in [0, 0.1) is 0 Å². The number of benzene rings is 1. The second kappa shape index (κ2) is 7.26. The molecule has 0 saturated heterocycles. The van der Waals surface area contributed by atoms with Crippen LogP contribution in [-0.4, -0.2) is 33.0 Å². The second-order valence-corrected chi connectivity index (χ2v) is 7.34. The average molecular weight is 323 g/mol. The summed E-state index contributed by atoms with van der Waals surface area (Å²) in [6.45, 7) is 2.51. The molecule has 7 heteroatoms. The molecule has 1 N–H and O–H groups in total. The highest BCUT2D eigenvalue weighted by atomic mass is 32.2. The molecule has 3 nitrogen and oxygen atoms in total. The van der Waals surface area contributed by atoms with Crippen LogP contribution < -0.4 is 5.32 Å². The predicted octanol–water partition coefficient (Wildman–Crippen LogP) is 2.66. The van der Waals surface area contributed by atoms with Crippen molar-refractivity contribution < 1.29 is 21.6 Å². The third-order valence-corrected chi connectivity index (χ3v) is 4.04. The third-order valence-electron chi connectivity index (χ3n) is 3.07. The van der Waals surface area contributed by atoms with Gasteiger partial charge in [-0.1, -0.05) is 25.1 Å². The van der Waals surface area contributed by atoms with Crippen molar-refractivity contribution in [2.24, 2.45) is 0 Å². The Morgan fingerprint density at radius 3 is 2.48 bits per heavy atom. The van der Waals surface area contributed by atoms with Gasteiger partial charge in [0.2, 0.25) is 0 Å². The Balaban J connectivity index is 2.79. The summed E-state index contributed by atoms with van der Waals surface area (Å²) >= 11 is 0. The molecule has 0 aliphatic rings. The molecule has 0 aromatic heterocycles. The molecule has 1 aromatic carbocycles. The van der Waals surface area contributed by atoms with Gasteiger partial charge in [0.1, 0.15) is 9.84 Å². The van der Waals surface area contributed by atoms with Gasteiger partial charge in [-0.15, -0.1) is 0 Å². The average Bonchev–Trinajstić information content (AvgIpc) is 2.35. The van der Waals surface area contributed by atoms with Crippen LogP contribution in [0.2, 0.25) is 0 Å². The quantitative estimate of drug-likeness (QED) is 0.839. The third kappa shape index (κ3) is 6.95. The number of hydrogen-bond donors (Lipinski definition) is 1. The molecule has 1 aromatic rings. The molecule has 1 atom stereocenters. The summed E-state index contributed by atoms with van der Waals surface area (Å²) in [4.78, 5) is 0. The lowest BCUT2D eigenvalue weighted by Gasteiger charge is -2.18. The van der Waals surface area contributed by atoms with Crippen molar-refractivity contribution in [1.82, 2.24) is 5.32 Å². The van der Waals surface area contributed by atoms with E-state index in [1.807, 2.05) is 6.92 Å². The van der Waals surface area contributed by atoms with E-state index in [0.29, 0.717) is 24.9 Å². The van der Waals surface area contributed by atoms with Crippen molar-refractivity contribution in [2.75, 3.05) is 18.6 Å². The molecule has 0 amide bonds. The minimum atomic E-state index is -4.36. The highest BCUT2D eigenvalue weighted by molar-refractivity contribution is 7.90. The minimum absolute atomic E-state index is 0.0175. The van der Waals surface area contributed by atoms with E-state index in [4.69, 9.17) is 0 Å². The van der Waals surface area contributed by atoms with Crippen LogP contribution in [0.25, 0.3) is 0 Å². The van der Waals surface area contributed by atoms with E-state index in [9.17, 15) is 21.6 Å². The Morgan fingerprint density at radius 1 is 1.29 bits per heavy atom. The number of sulfone groups is 1. The first-order chi connectivity index (χ1) is 9.62. The van der Waals surface area contributed by atoms with Crippen LogP contribution in [0.3, 0.4) is 0 Å². The van der Waals surface area contributed by atoms with E-state index in [1.54, 1.807) is 6.07 Å². The number of rotatable bonds is 7. The van der Waals surface area contributed by atoms with Crippen molar-refractivity contribution in [3.63, 3.8) is 0 Å². The van der Waals surface area contributed by atoms with Crippen LogP contribution in [0.1, 0.15) is 24.5 Å². The van der Waals surface area contributed by atoms with Gasteiger partial charge in [-0.05, 0) is 31.0 Å². The summed E-state index contributed by atoms with van der Waals surface area (Å²) in [6, 6.07) is 4.98. The maximum absolute atomic E-state index is 12.7. The molecule has 0 aliphatic heterocycles. The van der Waals surface area contributed by atoms with Gasteiger partial charge in [-0.2, -0.15) is 13.2 Å². The molecule has 0 radical (unpaired) electrons. The van der Waals surface area contributed by atoms with Crippen molar-refractivity contribution >= 4 is 9.84 Å². The van der Waals surface area contributed by atoms with Gasteiger partial charge in [-0.3, -0.25) is 0 Å². The SMILES string of the molecule is CCNC(CCS(C)(=O)=O)Cc1cccc(C(F)(F)F)c1. The van der Waals surface area contributed by atoms with Gasteiger partial charge < -0.3 is 5.32 Å². The molecule has 0 aliphatic carbocycles. The van der Waals surface area contributed by atoms with E-state index in [1.165, 1.54) is 6.07 Å². The van der Waals surface area contributed by atoms with E-state index in [2.05, 4.69) is 5.32 Å². The van der Waals surface area contributed by atoms with Crippen LogP contribution in [-0.2, 0) is 22.4 Å². The summed E-state index contributed by atoms with van der Waals surface area (Å²) < 4.78 is 60.4. The van der Waals surface area contributed by atoms with Crippen molar-refractivity contribution in [3.05, 3.63) is 35.4 Å². The molecule has 0 fully saturated rings. The fourth-order valence-electron chi connectivity index (χ4n) is 2.08. The molecule has 1 unspecified atom stereocenters. The topological polar surface area (TPSA) is 46.2 Å². The minimum Gasteiger partial charge on any atom is -0.314 e. The Kier molecular flexibility index (Phi) is 6.22. The van der Waals surface area contributed by atoms with Crippen molar-refractivity contribution in [3.8, 4) is 0 Å². The molecule has 0 spiro atoms. The first kappa shape index (κ1) is 18.0. The second-order valence-electron chi connectivity index (χ2n) is 5.08. The summed E-state index contributed by atoms with van der Waals surface area (Å²) in [5.74, 6) is 0.0175. The lowest BCUT2D eigenvalue weighted by atomic mass is 10.0. The fourth-order valence-corrected chi connectivity index (χ4v) is 2.79. The molecule has 120 valence electrons. The van der Waals surface area contributed by atoms with Gasteiger partial charge in [0.15, 0.2) is 0 Å². The zero-order chi connectivity index (χ0) is 16.1. The Morgan fingerprint density at radius 2 is 1.95 bits per heavy atom. The molecule has 1 rings (SSSR count). The van der Waals surface area contributed by atoms with Gasteiger partial charge in [0.05, 0.1) is 11.3 Å². The Bertz CT molecular complexity index is 556. The van der Waals surface area contributed by atoms with Crippen molar-refractivity contribution in [2.45, 2.75) is 32.0 Å². The predicted molar refractivity (Wildman–Crippen MR) is 76.9 cm³/mol. The van der Waals surface area contributed by atoms with E-state index in [0.717, 1.165) is 18.4 Å². The maximum Gasteiger partial charge on any atom is 0.416 e. The smallest absolute Gasteiger partial charge is 0.314 e. The zero-order valence-electron chi connectivity index (χ0n) is 12.1. The first-order valence-corrected chi connectivity index (χ1v) is 8.75. The van der Waals surface area contributed by atoms with Crippen LogP contribution in [0.4, 0.5) is 13.2 Å². The Hall–Kier alpha value is -1.08. The lowest BCUT2D eigenvalue weighted by Crippen LogP contribution is -2.33. The molecular weight excluding hydrogens is 303 g/mol. The lowest BCUT2D eigenvalue weighted by molar-refractivity contribution is -0.137. The summed E-state index contributed by atoms with van der Waals surface area (Å²) in [7, 11) is -3.08. The van der Waals surface area contributed by atoms with Gasteiger partial charge >= 0.3 is 6.18 Å². The van der Waals surface area contributed by atoms with E-state index in [-0.39, 0.29) is 11.8 Å². The molecule has 0 saturated carbocycles. The van der Waals surface area contributed by atoms with Crippen molar-refractivity contribution in [1.29, 1.82) is 0 Å². The van der Waals surface area contributed by atoms with Crippen LogP contribution >= 0.6 is 0 Å². The van der Waals surface area contributed by atoms with E-state index >= 15 is 0 Å². The Labute approximate surface area is 123 Å². The molecular formula is C14H20F3NO2S. The number of nitrogens with one attached hydrogen (secondary N) is 1. The summed E-state index contributed by atoms with van der Waals surface area (Å²) in [5.41, 5.74) is -0.136. The van der Waals surface area contributed by atoms with Gasteiger partial charge in [0.25, 0.3) is 0 Å². The standard InChI is InChI=1S/C14H20F3NO2S/c1-3-18-13(7-8-21(2,19)20)10-11-5-4-6-12(9-11)14(15,16)17/h4-6,9,13,18H,3,7-8,10H2,1-2H3. The monoisotopic (exact) mass is 323 g/mol. The van der Waals surface area contributed by atoms with Gasteiger partial charge in [0, 0.05) is 12.3 Å². The highest BCUT2D eigenvalue weighted by Gasteiger charge is 2.30. The normalized spacial score (nSPS) is 14.1. The summed E-state index contributed by atoms with van der Waals surface area (Å²) in [5, 5.41) is 3.12. The maximum atomic E-state index is 12.7. The van der Waals surface area contributed by atoms with Gasteiger partial charge in [-0.25, -0.2) is 8.42 Å². The molecule has 21 heavy (non-hydrogen) atoms. The molecule has 0 heterocycles. The first-order valence-electron chi connectivity index (χ1n) is 6.69. The number of alkyl halides is 3. The highest BCUT2D eigenvalue weighted by Crippen LogP contribution is 2.29. The number of hydrogen-bond acceptors (Lipinski definition) is 3. The zero-order valence-corrected chi connectivity index (χ0v) is 12.9. The fraction of sp³-hybridized carbons (Fsp3) is 0.571. The largest absolute Gasteiger partial charge is 0.416 e. The number of halogens is 3.